The lowest BCUT2D eigenvalue weighted by Gasteiger charge is -2.11. The average Bonchev–Trinajstić information content (AvgIpc) is 3.16. The van der Waals surface area contributed by atoms with Crippen LogP contribution in [0.5, 0.6) is 0 Å². The van der Waals surface area contributed by atoms with Gasteiger partial charge in [-0.2, -0.15) is 9.50 Å². The molecule has 26 heavy (non-hydrogen) atoms. The fourth-order valence-electron chi connectivity index (χ4n) is 2.58. The van der Waals surface area contributed by atoms with Crippen LogP contribution in [0.2, 0.25) is 0 Å². The maximum atomic E-state index is 13.0. The molecule has 0 aliphatic heterocycles. The molecule has 2 aromatic carbocycles. The molecule has 0 fully saturated rings. The smallest absolute Gasteiger partial charge is 0.291 e. The maximum Gasteiger partial charge on any atom is 0.291 e. The summed E-state index contributed by atoms with van der Waals surface area (Å²) in [6.45, 7) is 0. The van der Waals surface area contributed by atoms with E-state index >= 15 is 0 Å². The van der Waals surface area contributed by atoms with E-state index < -0.39 is 0 Å². The van der Waals surface area contributed by atoms with Crippen molar-refractivity contribution in [2.75, 3.05) is 19.0 Å². The summed E-state index contributed by atoms with van der Waals surface area (Å²) in [5.74, 6) is 0.0895. The number of halogens is 1. The van der Waals surface area contributed by atoms with E-state index in [1.165, 1.54) is 28.0 Å². The Balaban J connectivity index is 1.73. The van der Waals surface area contributed by atoms with Gasteiger partial charge < -0.3 is 4.90 Å². The lowest BCUT2D eigenvalue weighted by molar-refractivity contribution is 0.628. The van der Waals surface area contributed by atoms with Crippen molar-refractivity contribution in [3.8, 4) is 11.4 Å². The number of rotatable bonds is 3. The van der Waals surface area contributed by atoms with Gasteiger partial charge in [0.1, 0.15) is 5.82 Å². The lowest BCUT2D eigenvalue weighted by atomic mass is 10.2. The largest absolute Gasteiger partial charge is 0.378 e. The van der Waals surface area contributed by atoms with E-state index in [0.717, 1.165) is 11.3 Å². The molecule has 0 aliphatic carbocycles. The molecule has 0 unspecified atom stereocenters. The molecular formula is C19H15FN4OS. The zero-order valence-corrected chi connectivity index (χ0v) is 15.0. The minimum absolute atomic E-state index is 0.206. The van der Waals surface area contributed by atoms with Gasteiger partial charge in [0.15, 0.2) is 5.82 Å². The predicted molar refractivity (Wildman–Crippen MR) is 102 cm³/mol. The third-order valence-corrected chi connectivity index (χ3v) is 4.95. The highest BCUT2D eigenvalue weighted by atomic mass is 32.1. The van der Waals surface area contributed by atoms with Gasteiger partial charge in [0.25, 0.3) is 5.56 Å². The number of hydrogen-bond acceptors (Lipinski definition) is 5. The number of nitrogens with zero attached hydrogens (tertiary/aromatic N) is 4. The van der Waals surface area contributed by atoms with Gasteiger partial charge in [-0.25, -0.2) is 4.39 Å². The van der Waals surface area contributed by atoms with Crippen molar-refractivity contribution in [3.63, 3.8) is 0 Å². The van der Waals surface area contributed by atoms with Gasteiger partial charge in [-0.1, -0.05) is 23.5 Å². The number of benzene rings is 2. The molecule has 0 amide bonds. The molecule has 130 valence electrons. The number of hydrogen-bond donors (Lipinski definition) is 0. The van der Waals surface area contributed by atoms with Gasteiger partial charge in [-0.3, -0.25) is 4.79 Å². The van der Waals surface area contributed by atoms with Crippen LogP contribution in [0.4, 0.5) is 10.1 Å². The Kier molecular flexibility index (Phi) is 4.00. The Morgan fingerprint density at radius 1 is 1.08 bits per heavy atom. The van der Waals surface area contributed by atoms with E-state index in [0.29, 0.717) is 20.9 Å². The van der Waals surface area contributed by atoms with Crippen molar-refractivity contribution >= 4 is 28.1 Å². The molecule has 0 saturated carbocycles. The van der Waals surface area contributed by atoms with Crippen molar-refractivity contribution < 1.29 is 4.39 Å². The summed E-state index contributed by atoms with van der Waals surface area (Å²) >= 11 is 1.28. The Bertz CT molecular complexity index is 1180. The van der Waals surface area contributed by atoms with Crippen LogP contribution in [-0.2, 0) is 0 Å². The molecule has 2 aromatic heterocycles. The summed E-state index contributed by atoms with van der Waals surface area (Å²) in [7, 11) is 3.96. The molecule has 0 bridgehead atoms. The third kappa shape index (κ3) is 2.97. The fourth-order valence-corrected chi connectivity index (χ4v) is 3.48. The van der Waals surface area contributed by atoms with Gasteiger partial charge >= 0.3 is 0 Å². The van der Waals surface area contributed by atoms with Crippen molar-refractivity contribution in [2.24, 2.45) is 0 Å². The summed E-state index contributed by atoms with van der Waals surface area (Å²) in [5.41, 5.74) is 2.50. The Labute approximate surface area is 152 Å². The maximum absolute atomic E-state index is 13.0. The highest BCUT2D eigenvalue weighted by Crippen LogP contribution is 2.17. The second-order valence-corrected chi connectivity index (χ2v) is 7.05. The molecule has 2 heterocycles. The zero-order chi connectivity index (χ0) is 18.3. The molecule has 5 nitrogen and oxygen atoms in total. The summed E-state index contributed by atoms with van der Waals surface area (Å²) in [4.78, 5) is 19.5. The predicted octanol–water partition coefficient (Wildman–Crippen LogP) is 2.57. The van der Waals surface area contributed by atoms with Crippen molar-refractivity contribution in [1.82, 2.24) is 14.6 Å². The van der Waals surface area contributed by atoms with E-state index in [2.05, 4.69) is 10.1 Å². The Morgan fingerprint density at radius 2 is 1.77 bits per heavy atom. The van der Waals surface area contributed by atoms with Crippen molar-refractivity contribution in [3.05, 3.63) is 74.8 Å². The van der Waals surface area contributed by atoms with Crippen molar-refractivity contribution in [1.29, 1.82) is 0 Å². The number of fused-ring (bicyclic) bond motifs is 1. The molecule has 0 atom stereocenters. The van der Waals surface area contributed by atoms with Crippen LogP contribution in [0.3, 0.4) is 0 Å². The summed E-state index contributed by atoms with van der Waals surface area (Å²) in [6, 6.07) is 13.8. The Morgan fingerprint density at radius 3 is 2.38 bits per heavy atom. The number of thiazole rings is 1. The molecule has 0 spiro atoms. The first-order valence-corrected chi connectivity index (χ1v) is 8.77. The van der Waals surface area contributed by atoms with Crippen LogP contribution in [-0.4, -0.2) is 28.7 Å². The number of aromatic nitrogens is 3. The minimum Gasteiger partial charge on any atom is -0.378 e. The molecule has 7 heteroatoms. The lowest BCUT2D eigenvalue weighted by Crippen LogP contribution is -2.23. The van der Waals surface area contributed by atoms with Crippen LogP contribution >= 0.6 is 11.3 Å². The molecule has 0 aliphatic rings. The summed E-state index contributed by atoms with van der Waals surface area (Å²) in [5, 5.41) is 4.27. The summed E-state index contributed by atoms with van der Waals surface area (Å²) in [6.07, 6.45) is 1.83. The highest BCUT2D eigenvalue weighted by Gasteiger charge is 2.12. The third-order valence-electron chi connectivity index (χ3n) is 3.99. The van der Waals surface area contributed by atoms with Crippen molar-refractivity contribution in [2.45, 2.75) is 0 Å². The second-order valence-electron chi connectivity index (χ2n) is 6.04. The van der Waals surface area contributed by atoms with E-state index in [1.807, 2.05) is 49.3 Å². The molecule has 0 saturated heterocycles. The van der Waals surface area contributed by atoms with E-state index in [1.54, 1.807) is 12.1 Å². The van der Waals surface area contributed by atoms with Gasteiger partial charge in [0, 0.05) is 25.3 Å². The fraction of sp³-hybridized carbons (Fsp3) is 0.105. The van der Waals surface area contributed by atoms with Gasteiger partial charge in [-0.15, -0.1) is 5.10 Å². The summed E-state index contributed by atoms with van der Waals surface area (Å²) < 4.78 is 14.9. The molecule has 4 rings (SSSR count). The number of anilines is 1. The van der Waals surface area contributed by atoms with Gasteiger partial charge in [-0.05, 0) is 48.0 Å². The zero-order valence-electron chi connectivity index (χ0n) is 14.2. The first-order valence-electron chi connectivity index (χ1n) is 7.96. The van der Waals surface area contributed by atoms with E-state index in [9.17, 15) is 9.18 Å². The van der Waals surface area contributed by atoms with Crippen LogP contribution < -0.4 is 15.0 Å². The normalized spacial score (nSPS) is 12.0. The molecule has 0 radical (unpaired) electrons. The second kappa shape index (κ2) is 6.34. The molecular weight excluding hydrogens is 351 g/mol. The van der Waals surface area contributed by atoms with E-state index in [4.69, 9.17) is 0 Å². The quantitative estimate of drug-likeness (QED) is 0.559. The SMILES string of the molecule is CN(C)c1ccc(C=c2sc3nc(-c4ccc(F)cc4)nn3c2=O)cc1. The Hall–Kier alpha value is -3.06. The van der Waals surface area contributed by atoms with Crippen LogP contribution in [0.15, 0.2) is 53.3 Å². The molecule has 4 aromatic rings. The monoisotopic (exact) mass is 366 g/mol. The van der Waals surface area contributed by atoms with E-state index in [-0.39, 0.29) is 11.4 Å². The van der Waals surface area contributed by atoms with Crippen LogP contribution in [0.25, 0.3) is 22.4 Å². The first kappa shape index (κ1) is 16.4. The minimum atomic E-state index is -0.323. The topological polar surface area (TPSA) is 50.5 Å². The van der Waals surface area contributed by atoms with Gasteiger partial charge in [0.05, 0.1) is 4.53 Å². The first-order chi connectivity index (χ1) is 12.5. The van der Waals surface area contributed by atoms with Crippen LogP contribution in [0, 0.1) is 5.82 Å². The van der Waals surface area contributed by atoms with Gasteiger partial charge in [0.2, 0.25) is 4.96 Å². The molecule has 0 N–H and O–H groups in total. The highest BCUT2D eigenvalue weighted by molar-refractivity contribution is 7.15. The standard InChI is InChI=1S/C19H15FN4OS/c1-23(2)15-9-3-12(4-10-15)11-16-18(25)24-19(26-16)21-17(22-24)13-5-7-14(20)8-6-13/h3-11H,1-2H3. The average molecular weight is 366 g/mol. The van der Waals surface area contributed by atoms with Crippen LogP contribution in [0.1, 0.15) is 5.56 Å².